The highest BCUT2D eigenvalue weighted by Gasteiger charge is 2.29. The minimum atomic E-state index is -0.963. The van der Waals surface area contributed by atoms with E-state index >= 15 is 0 Å². The number of aromatic nitrogens is 1. The summed E-state index contributed by atoms with van der Waals surface area (Å²) in [5.41, 5.74) is 3.20. The smallest absolute Gasteiger partial charge is 0.309 e. The molecule has 0 atom stereocenters. The van der Waals surface area contributed by atoms with Gasteiger partial charge in [-0.1, -0.05) is 42.5 Å². The number of amides is 1. The molecule has 33 heavy (non-hydrogen) atoms. The van der Waals surface area contributed by atoms with Crippen LogP contribution in [0.2, 0.25) is 0 Å². The van der Waals surface area contributed by atoms with Crippen LogP contribution in [-0.4, -0.2) is 22.0 Å². The van der Waals surface area contributed by atoms with Crippen molar-refractivity contribution in [2.45, 2.75) is 20.3 Å². The molecule has 4 rings (SSSR count). The third-order valence-corrected chi connectivity index (χ3v) is 5.41. The zero-order chi connectivity index (χ0) is 23.4. The van der Waals surface area contributed by atoms with Crippen LogP contribution in [0.4, 0.5) is 5.69 Å². The average Bonchev–Trinajstić information content (AvgIpc) is 3.28. The van der Waals surface area contributed by atoms with E-state index in [-0.39, 0.29) is 12.3 Å². The number of aliphatic carboxylic acids is 1. The van der Waals surface area contributed by atoms with Crippen molar-refractivity contribution in [3.8, 4) is 22.5 Å². The fourth-order valence-corrected chi connectivity index (χ4v) is 3.34. The first kappa shape index (κ1) is 22.0. The van der Waals surface area contributed by atoms with E-state index in [2.05, 4.69) is 10.3 Å². The minimum absolute atomic E-state index is 0.194. The van der Waals surface area contributed by atoms with Crippen molar-refractivity contribution in [3.63, 3.8) is 0 Å². The zero-order valence-electron chi connectivity index (χ0n) is 18.4. The van der Waals surface area contributed by atoms with Crippen molar-refractivity contribution in [2.75, 3.05) is 5.32 Å². The third-order valence-electron chi connectivity index (χ3n) is 5.41. The summed E-state index contributed by atoms with van der Waals surface area (Å²) in [7, 11) is 0. The number of oxazole rings is 1. The quantitative estimate of drug-likeness (QED) is 0.372. The lowest BCUT2D eigenvalue weighted by Gasteiger charge is -2.16. The van der Waals surface area contributed by atoms with Gasteiger partial charge in [0.05, 0.1) is 11.6 Å². The van der Waals surface area contributed by atoms with Crippen LogP contribution in [0.1, 0.15) is 30.1 Å². The number of anilines is 1. The Bertz CT molecular complexity index is 1260. The maximum absolute atomic E-state index is 12.6. The molecule has 3 aromatic carbocycles. The first-order valence-electron chi connectivity index (χ1n) is 10.6. The molecule has 0 radical (unpaired) electrons. The molecule has 1 amide bonds. The second-order valence-electron chi connectivity index (χ2n) is 8.46. The Morgan fingerprint density at radius 3 is 2.12 bits per heavy atom. The first-order valence-corrected chi connectivity index (χ1v) is 10.6. The van der Waals surface area contributed by atoms with Gasteiger partial charge in [0.2, 0.25) is 0 Å². The van der Waals surface area contributed by atoms with Crippen LogP contribution in [0.5, 0.6) is 0 Å². The monoisotopic (exact) mass is 440 g/mol. The predicted molar refractivity (Wildman–Crippen MR) is 127 cm³/mol. The van der Waals surface area contributed by atoms with Crippen molar-refractivity contribution in [2.24, 2.45) is 5.41 Å². The lowest BCUT2D eigenvalue weighted by atomic mass is 9.90. The summed E-state index contributed by atoms with van der Waals surface area (Å²) in [4.78, 5) is 28.1. The fourth-order valence-electron chi connectivity index (χ4n) is 3.34. The van der Waals surface area contributed by atoms with Gasteiger partial charge in [-0.3, -0.25) is 9.59 Å². The van der Waals surface area contributed by atoms with E-state index in [4.69, 9.17) is 4.42 Å². The number of nitrogens with zero attached hydrogens (tertiary/aromatic N) is 1. The van der Waals surface area contributed by atoms with Gasteiger partial charge < -0.3 is 14.8 Å². The molecule has 4 aromatic rings. The molecule has 0 aliphatic carbocycles. The van der Waals surface area contributed by atoms with Gasteiger partial charge in [-0.2, -0.15) is 0 Å². The summed E-state index contributed by atoms with van der Waals surface area (Å²) >= 11 is 0. The molecule has 0 aliphatic rings. The molecule has 1 heterocycles. The highest BCUT2D eigenvalue weighted by atomic mass is 16.4. The Morgan fingerprint density at radius 2 is 1.48 bits per heavy atom. The fraction of sp³-hybridized carbons (Fsp3) is 0.148. The molecular weight excluding hydrogens is 416 g/mol. The number of carboxylic acid groups (broad SMARTS) is 1. The summed E-state index contributed by atoms with van der Waals surface area (Å²) in [5, 5.41) is 12.2. The van der Waals surface area contributed by atoms with Gasteiger partial charge in [0.25, 0.3) is 5.91 Å². The molecule has 0 saturated carbocycles. The Labute approximate surface area is 191 Å². The lowest BCUT2D eigenvalue weighted by Crippen LogP contribution is -2.26. The second-order valence-corrected chi connectivity index (χ2v) is 8.46. The van der Waals surface area contributed by atoms with Crippen molar-refractivity contribution in [3.05, 3.63) is 96.5 Å². The first-order chi connectivity index (χ1) is 15.8. The minimum Gasteiger partial charge on any atom is -0.481 e. The topological polar surface area (TPSA) is 92.4 Å². The summed E-state index contributed by atoms with van der Waals surface area (Å²) in [6, 6.07) is 24.7. The van der Waals surface area contributed by atoms with E-state index in [1.54, 1.807) is 44.3 Å². The number of carbonyl (C=O) groups excluding carboxylic acids is 1. The average molecular weight is 440 g/mol. The highest BCUT2D eigenvalue weighted by Crippen LogP contribution is 2.27. The number of nitrogens with one attached hydrogen (secondary N) is 1. The second kappa shape index (κ2) is 9.12. The Balaban J connectivity index is 1.41. The molecule has 0 unspecified atom stereocenters. The molecule has 2 N–H and O–H groups in total. The molecule has 6 nitrogen and oxygen atoms in total. The van der Waals surface area contributed by atoms with E-state index in [9.17, 15) is 14.7 Å². The summed E-state index contributed by atoms with van der Waals surface area (Å²) in [6.07, 6.45) is 1.77. The SMILES string of the molecule is CC(C)(Cc1ncc(-c2ccc(NC(=O)c3ccc(-c4ccccc4)cc3)cc2)o1)C(=O)O. The Morgan fingerprint density at radius 1 is 0.879 bits per heavy atom. The van der Waals surface area contributed by atoms with E-state index < -0.39 is 11.4 Å². The van der Waals surface area contributed by atoms with Crippen molar-refractivity contribution in [1.82, 2.24) is 4.98 Å². The summed E-state index contributed by atoms with van der Waals surface area (Å²) < 4.78 is 5.73. The van der Waals surface area contributed by atoms with Crippen LogP contribution < -0.4 is 5.32 Å². The van der Waals surface area contributed by atoms with Gasteiger partial charge in [-0.15, -0.1) is 0 Å². The molecule has 166 valence electrons. The molecule has 0 bridgehead atoms. The molecule has 0 fully saturated rings. The normalized spacial score (nSPS) is 11.2. The molecular formula is C27H24N2O4. The standard InChI is InChI=1S/C27H24N2O4/c1-27(2,26(31)32)16-24-28-17-23(33-24)20-12-14-22(15-13-20)29-25(30)21-10-8-19(9-11-21)18-6-4-3-5-7-18/h3-15,17H,16H2,1-2H3,(H,29,30)(H,31,32). The van der Waals surface area contributed by atoms with Gasteiger partial charge in [-0.05, 0) is 61.4 Å². The van der Waals surface area contributed by atoms with Gasteiger partial charge >= 0.3 is 5.97 Å². The number of carbonyl (C=O) groups is 2. The van der Waals surface area contributed by atoms with E-state index in [0.29, 0.717) is 22.9 Å². The summed E-state index contributed by atoms with van der Waals surface area (Å²) in [5.74, 6) is -0.188. The Hall–Kier alpha value is -4.19. The van der Waals surface area contributed by atoms with Crippen LogP contribution >= 0.6 is 0 Å². The number of benzene rings is 3. The predicted octanol–water partition coefficient (Wildman–Crippen LogP) is 5.91. The lowest BCUT2D eigenvalue weighted by molar-refractivity contribution is -0.147. The Kier molecular flexibility index (Phi) is 6.09. The maximum atomic E-state index is 12.6. The van der Waals surface area contributed by atoms with Gasteiger partial charge in [0, 0.05) is 23.2 Å². The maximum Gasteiger partial charge on any atom is 0.309 e. The van der Waals surface area contributed by atoms with Gasteiger partial charge in [-0.25, -0.2) is 4.98 Å². The van der Waals surface area contributed by atoms with E-state index in [0.717, 1.165) is 16.7 Å². The molecule has 0 spiro atoms. The number of hydrogen-bond donors (Lipinski definition) is 2. The van der Waals surface area contributed by atoms with Crippen LogP contribution in [0.3, 0.4) is 0 Å². The molecule has 1 aromatic heterocycles. The van der Waals surface area contributed by atoms with Crippen LogP contribution in [-0.2, 0) is 11.2 Å². The largest absolute Gasteiger partial charge is 0.481 e. The van der Waals surface area contributed by atoms with E-state index in [1.165, 1.54) is 0 Å². The van der Waals surface area contributed by atoms with Crippen molar-refractivity contribution < 1.29 is 19.1 Å². The molecule has 0 saturated heterocycles. The molecule has 6 heteroatoms. The third kappa shape index (κ3) is 5.18. The zero-order valence-corrected chi connectivity index (χ0v) is 18.4. The molecule has 0 aliphatic heterocycles. The number of carboxylic acids is 1. The van der Waals surface area contributed by atoms with Gasteiger partial charge in [0.1, 0.15) is 0 Å². The van der Waals surface area contributed by atoms with Crippen molar-refractivity contribution in [1.29, 1.82) is 0 Å². The van der Waals surface area contributed by atoms with Crippen LogP contribution in [0.15, 0.2) is 89.5 Å². The van der Waals surface area contributed by atoms with Crippen LogP contribution in [0, 0.1) is 5.41 Å². The number of hydrogen-bond acceptors (Lipinski definition) is 4. The van der Waals surface area contributed by atoms with Gasteiger partial charge in [0.15, 0.2) is 11.7 Å². The summed E-state index contributed by atoms with van der Waals surface area (Å²) in [6.45, 7) is 3.26. The van der Waals surface area contributed by atoms with Crippen molar-refractivity contribution >= 4 is 17.6 Å². The number of rotatable bonds is 7. The highest BCUT2D eigenvalue weighted by molar-refractivity contribution is 6.04. The van der Waals surface area contributed by atoms with Crippen LogP contribution in [0.25, 0.3) is 22.5 Å². The van der Waals surface area contributed by atoms with E-state index in [1.807, 2.05) is 54.6 Å².